The third-order valence-corrected chi connectivity index (χ3v) is 3.31. The Morgan fingerprint density at radius 2 is 2.17 bits per heavy atom. The number of aryl methyl sites for hydroxylation is 1. The summed E-state index contributed by atoms with van der Waals surface area (Å²) in [5.74, 6) is 0.619. The lowest BCUT2D eigenvalue weighted by molar-refractivity contribution is 0.628. The van der Waals surface area contributed by atoms with Crippen molar-refractivity contribution >= 4 is 5.82 Å². The van der Waals surface area contributed by atoms with Crippen LogP contribution in [0.3, 0.4) is 0 Å². The van der Waals surface area contributed by atoms with Crippen molar-refractivity contribution in [2.45, 2.75) is 26.2 Å². The number of aromatic nitrogens is 2. The van der Waals surface area contributed by atoms with Crippen molar-refractivity contribution in [2.24, 2.45) is 7.05 Å². The van der Waals surface area contributed by atoms with E-state index in [0.29, 0.717) is 11.7 Å². The van der Waals surface area contributed by atoms with Gasteiger partial charge in [0.15, 0.2) is 0 Å². The number of hydrogen-bond acceptors (Lipinski definition) is 2. The van der Waals surface area contributed by atoms with Gasteiger partial charge in [0.25, 0.3) is 0 Å². The van der Waals surface area contributed by atoms with Crippen LogP contribution in [0.5, 0.6) is 0 Å². The molecule has 4 heteroatoms. The van der Waals surface area contributed by atoms with Gasteiger partial charge in [-0.2, -0.15) is 5.10 Å². The van der Waals surface area contributed by atoms with Crippen molar-refractivity contribution in [1.29, 1.82) is 0 Å². The van der Waals surface area contributed by atoms with Crippen LogP contribution in [-0.2, 0) is 7.05 Å². The van der Waals surface area contributed by atoms with E-state index in [1.54, 1.807) is 10.7 Å². The van der Waals surface area contributed by atoms with Gasteiger partial charge in [-0.3, -0.25) is 4.68 Å². The zero-order valence-electron chi connectivity index (χ0n) is 10.9. The lowest BCUT2D eigenvalue weighted by atomic mass is 9.96. The second-order valence-corrected chi connectivity index (χ2v) is 4.59. The molecule has 0 fully saturated rings. The number of halogens is 1. The maximum Gasteiger partial charge on any atom is 0.129 e. The minimum Gasteiger partial charge on any atom is -0.383 e. The first-order chi connectivity index (χ1) is 8.54. The summed E-state index contributed by atoms with van der Waals surface area (Å²) in [7, 11) is 1.81. The Hall–Kier alpha value is -1.84. The zero-order chi connectivity index (χ0) is 13.3. The third-order valence-electron chi connectivity index (χ3n) is 3.31. The minimum atomic E-state index is -0.258. The Bertz CT molecular complexity index is 560. The molecule has 2 aromatic rings. The quantitative estimate of drug-likeness (QED) is 0.904. The first-order valence-electron chi connectivity index (χ1n) is 6.12. The molecule has 1 heterocycles. The molecule has 0 radical (unpaired) electrons. The van der Waals surface area contributed by atoms with Gasteiger partial charge in [-0.15, -0.1) is 0 Å². The molecule has 0 aliphatic rings. The molecular weight excluding hydrogens is 229 g/mol. The minimum absolute atomic E-state index is 0.258. The lowest BCUT2D eigenvalue weighted by Gasteiger charge is -2.09. The van der Waals surface area contributed by atoms with E-state index in [1.807, 2.05) is 13.1 Å². The highest BCUT2D eigenvalue weighted by Crippen LogP contribution is 2.34. The molecule has 0 aliphatic heterocycles. The average molecular weight is 247 g/mol. The first-order valence-corrected chi connectivity index (χ1v) is 6.12. The SMILES string of the molecule is CCC(C)c1nn(C)c(N)c1-c1cccc(F)c1. The van der Waals surface area contributed by atoms with Crippen molar-refractivity contribution in [3.8, 4) is 11.1 Å². The van der Waals surface area contributed by atoms with E-state index in [1.165, 1.54) is 12.1 Å². The van der Waals surface area contributed by atoms with E-state index >= 15 is 0 Å². The number of rotatable bonds is 3. The van der Waals surface area contributed by atoms with Crippen LogP contribution in [0.2, 0.25) is 0 Å². The highest BCUT2D eigenvalue weighted by atomic mass is 19.1. The molecule has 1 aromatic carbocycles. The Morgan fingerprint density at radius 3 is 2.78 bits per heavy atom. The van der Waals surface area contributed by atoms with Gasteiger partial charge in [0, 0.05) is 18.5 Å². The molecule has 1 aromatic heterocycles. The second kappa shape index (κ2) is 4.80. The summed E-state index contributed by atoms with van der Waals surface area (Å²) < 4.78 is 15.0. The average Bonchev–Trinajstić information content (AvgIpc) is 2.65. The summed E-state index contributed by atoms with van der Waals surface area (Å²) >= 11 is 0. The smallest absolute Gasteiger partial charge is 0.129 e. The van der Waals surface area contributed by atoms with E-state index in [-0.39, 0.29) is 5.82 Å². The monoisotopic (exact) mass is 247 g/mol. The van der Waals surface area contributed by atoms with E-state index < -0.39 is 0 Å². The number of nitrogens with two attached hydrogens (primary N) is 1. The van der Waals surface area contributed by atoms with Crippen molar-refractivity contribution in [3.63, 3.8) is 0 Å². The fraction of sp³-hybridized carbons (Fsp3) is 0.357. The fourth-order valence-corrected chi connectivity index (χ4v) is 2.04. The van der Waals surface area contributed by atoms with Gasteiger partial charge in [0.2, 0.25) is 0 Å². The van der Waals surface area contributed by atoms with Gasteiger partial charge in [0.05, 0.1) is 5.69 Å². The van der Waals surface area contributed by atoms with Crippen LogP contribution in [0, 0.1) is 5.82 Å². The van der Waals surface area contributed by atoms with Crippen molar-refractivity contribution < 1.29 is 4.39 Å². The Balaban J connectivity index is 2.62. The van der Waals surface area contributed by atoms with Gasteiger partial charge in [-0.1, -0.05) is 26.0 Å². The van der Waals surface area contributed by atoms with Crippen LogP contribution in [-0.4, -0.2) is 9.78 Å². The molecular formula is C14H18FN3. The molecule has 0 spiro atoms. The van der Waals surface area contributed by atoms with Gasteiger partial charge in [-0.05, 0) is 24.1 Å². The number of hydrogen-bond donors (Lipinski definition) is 1. The maximum atomic E-state index is 13.3. The highest BCUT2D eigenvalue weighted by Gasteiger charge is 2.19. The molecule has 0 saturated carbocycles. The number of anilines is 1. The predicted octanol–water partition coefficient (Wildman–Crippen LogP) is 3.32. The summed E-state index contributed by atoms with van der Waals surface area (Å²) in [6, 6.07) is 6.48. The van der Waals surface area contributed by atoms with E-state index in [4.69, 9.17) is 5.73 Å². The molecule has 2 rings (SSSR count). The van der Waals surface area contributed by atoms with Gasteiger partial charge >= 0.3 is 0 Å². The maximum absolute atomic E-state index is 13.3. The van der Waals surface area contributed by atoms with Crippen LogP contribution in [0.4, 0.5) is 10.2 Å². The predicted molar refractivity (Wildman–Crippen MR) is 71.7 cm³/mol. The van der Waals surface area contributed by atoms with Gasteiger partial charge in [0.1, 0.15) is 11.6 Å². The van der Waals surface area contributed by atoms with Crippen molar-refractivity contribution in [2.75, 3.05) is 5.73 Å². The molecule has 1 unspecified atom stereocenters. The van der Waals surface area contributed by atoms with Crippen LogP contribution in [0.25, 0.3) is 11.1 Å². The number of benzene rings is 1. The molecule has 0 saturated heterocycles. The van der Waals surface area contributed by atoms with Gasteiger partial charge < -0.3 is 5.73 Å². The first kappa shape index (κ1) is 12.6. The molecule has 0 aliphatic carbocycles. The van der Waals surface area contributed by atoms with Crippen molar-refractivity contribution in [3.05, 3.63) is 35.8 Å². The van der Waals surface area contributed by atoms with E-state index in [9.17, 15) is 4.39 Å². The van der Waals surface area contributed by atoms with E-state index in [2.05, 4.69) is 18.9 Å². The van der Waals surface area contributed by atoms with Crippen molar-refractivity contribution in [1.82, 2.24) is 9.78 Å². The Kier molecular flexibility index (Phi) is 3.36. The summed E-state index contributed by atoms with van der Waals surface area (Å²) in [6.07, 6.45) is 0.971. The molecule has 2 N–H and O–H groups in total. The standard InChI is InChI=1S/C14H18FN3/c1-4-9(2)13-12(14(16)18(3)17-13)10-6-5-7-11(15)8-10/h5-9H,4,16H2,1-3H3. The summed E-state index contributed by atoms with van der Waals surface area (Å²) in [5, 5.41) is 4.46. The summed E-state index contributed by atoms with van der Waals surface area (Å²) in [4.78, 5) is 0. The Labute approximate surface area is 106 Å². The Morgan fingerprint density at radius 1 is 1.44 bits per heavy atom. The number of nitrogens with zero attached hydrogens (tertiary/aromatic N) is 2. The number of nitrogen functional groups attached to an aromatic ring is 1. The van der Waals surface area contributed by atoms with Crippen LogP contribution in [0.15, 0.2) is 24.3 Å². The molecule has 0 amide bonds. The van der Waals surface area contributed by atoms with Gasteiger partial charge in [-0.25, -0.2) is 4.39 Å². The third kappa shape index (κ3) is 2.10. The summed E-state index contributed by atoms with van der Waals surface area (Å²) in [5.41, 5.74) is 8.63. The summed E-state index contributed by atoms with van der Waals surface area (Å²) in [6.45, 7) is 4.20. The molecule has 0 bridgehead atoms. The largest absolute Gasteiger partial charge is 0.383 e. The normalized spacial score (nSPS) is 12.7. The molecule has 18 heavy (non-hydrogen) atoms. The fourth-order valence-electron chi connectivity index (χ4n) is 2.04. The van der Waals surface area contributed by atoms with E-state index in [0.717, 1.165) is 23.2 Å². The van der Waals surface area contributed by atoms with Crippen LogP contribution < -0.4 is 5.73 Å². The second-order valence-electron chi connectivity index (χ2n) is 4.59. The van der Waals surface area contributed by atoms with Crippen LogP contribution in [0.1, 0.15) is 31.9 Å². The molecule has 1 atom stereocenters. The highest BCUT2D eigenvalue weighted by molar-refractivity contribution is 5.77. The lowest BCUT2D eigenvalue weighted by Crippen LogP contribution is -1.98. The molecule has 3 nitrogen and oxygen atoms in total. The van der Waals surface area contributed by atoms with Crippen LogP contribution >= 0.6 is 0 Å². The zero-order valence-corrected chi connectivity index (χ0v) is 10.9. The molecule has 96 valence electrons. The topological polar surface area (TPSA) is 43.8 Å².